The van der Waals surface area contributed by atoms with Crippen LogP contribution >= 0.6 is 0 Å². The maximum atomic E-state index is 12.0. The van der Waals surface area contributed by atoms with Gasteiger partial charge < -0.3 is 20.1 Å². The van der Waals surface area contributed by atoms with E-state index in [0.29, 0.717) is 18.0 Å². The van der Waals surface area contributed by atoms with E-state index in [1.165, 1.54) is 0 Å². The molecule has 2 aromatic rings. The summed E-state index contributed by atoms with van der Waals surface area (Å²) in [5.41, 5.74) is 1.53. The molecule has 0 spiro atoms. The van der Waals surface area contributed by atoms with Crippen LogP contribution in [0.3, 0.4) is 0 Å². The molecule has 0 atom stereocenters. The number of hydrogen-bond acceptors (Lipinski definition) is 4. The average Bonchev–Trinajstić information content (AvgIpc) is 2.55. The molecule has 0 aromatic heterocycles. The summed E-state index contributed by atoms with van der Waals surface area (Å²) in [5.74, 6) is 1.31. The van der Waals surface area contributed by atoms with Crippen LogP contribution in [0.5, 0.6) is 11.5 Å². The zero-order valence-electron chi connectivity index (χ0n) is 12.8. The molecule has 0 saturated carbocycles. The summed E-state index contributed by atoms with van der Waals surface area (Å²) in [4.78, 5) is 12.0. The van der Waals surface area contributed by atoms with Crippen molar-refractivity contribution < 1.29 is 14.3 Å². The Kier molecular flexibility index (Phi) is 5.65. The molecule has 5 heteroatoms. The van der Waals surface area contributed by atoms with Crippen LogP contribution in [0.4, 0.5) is 11.4 Å². The molecule has 5 nitrogen and oxygen atoms in total. The Bertz CT molecular complexity index is 612. The fourth-order valence-electron chi connectivity index (χ4n) is 1.94. The summed E-state index contributed by atoms with van der Waals surface area (Å²) in [5, 5.41) is 5.90. The molecule has 0 unspecified atom stereocenters. The van der Waals surface area contributed by atoms with Gasteiger partial charge in [-0.25, -0.2) is 0 Å². The van der Waals surface area contributed by atoms with Crippen LogP contribution in [0.1, 0.15) is 6.92 Å². The molecule has 0 saturated heterocycles. The van der Waals surface area contributed by atoms with E-state index >= 15 is 0 Å². The van der Waals surface area contributed by atoms with Gasteiger partial charge in [0.05, 0.1) is 25.9 Å². The van der Waals surface area contributed by atoms with Gasteiger partial charge in [0.2, 0.25) is 5.91 Å². The van der Waals surface area contributed by atoms with Crippen molar-refractivity contribution in [2.45, 2.75) is 6.92 Å². The minimum absolute atomic E-state index is 0.136. The Morgan fingerprint density at radius 2 is 1.82 bits per heavy atom. The lowest BCUT2D eigenvalue weighted by Gasteiger charge is -2.12. The molecule has 0 fully saturated rings. The lowest BCUT2D eigenvalue weighted by atomic mass is 10.3. The minimum Gasteiger partial charge on any atom is -0.497 e. The second-order valence-electron chi connectivity index (χ2n) is 4.56. The first-order valence-electron chi connectivity index (χ1n) is 7.12. The van der Waals surface area contributed by atoms with Gasteiger partial charge in [0.25, 0.3) is 0 Å². The Balaban J connectivity index is 1.90. The van der Waals surface area contributed by atoms with Crippen molar-refractivity contribution in [3.63, 3.8) is 0 Å². The zero-order chi connectivity index (χ0) is 15.8. The number of anilines is 2. The molecular weight excluding hydrogens is 280 g/mol. The summed E-state index contributed by atoms with van der Waals surface area (Å²) in [6, 6.07) is 14.8. The van der Waals surface area contributed by atoms with E-state index in [9.17, 15) is 4.79 Å². The highest BCUT2D eigenvalue weighted by Gasteiger charge is 2.07. The van der Waals surface area contributed by atoms with E-state index in [1.807, 2.05) is 55.5 Å². The number of carbonyl (C=O) groups is 1. The zero-order valence-corrected chi connectivity index (χ0v) is 12.8. The molecule has 0 aliphatic heterocycles. The number of hydrogen-bond donors (Lipinski definition) is 2. The second kappa shape index (κ2) is 7.93. The molecule has 2 aromatic carbocycles. The van der Waals surface area contributed by atoms with Crippen LogP contribution in [0, 0.1) is 0 Å². The smallest absolute Gasteiger partial charge is 0.243 e. The highest BCUT2D eigenvalue weighted by atomic mass is 16.5. The molecule has 1 amide bonds. The van der Waals surface area contributed by atoms with Crippen molar-refractivity contribution in [2.24, 2.45) is 0 Å². The van der Waals surface area contributed by atoms with Crippen LogP contribution in [-0.2, 0) is 4.79 Å². The number of rotatable bonds is 7. The fourth-order valence-corrected chi connectivity index (χ4v) is 1.94. The van der Waals surface area contributed by atoms with Gasteiger partial charge in [-0.1, -0.05) is 12.1 Å². The number of carbonyl (C=O) groups excluding carboxylic acids is 1. The van der Waals surface area contributed by atoms with Crippen molar-refractivity contribution in [3.05, 3.63) is 48.5 Å². The maximum absolute atomic E-state index is 12.0. The third kappa shape index (κ3) is 4.41. The first-order valence-corrected chi connectivity index (χ1v) is 7.12. The van der Waals surface area contributed by atoms with Crippen molar-refractivity contribution in [1.29, 1.82) is 0 Å². The van der Waals surface area contributed by atoms with Crippen molar-refractivity contribution in [2.75, 3.05) is 30.9 Å². The molecule has 0 aliphatic rings. The highest BCUT2D eigenvalue weighted by molar-refractivity contribution is 5.95. The number of methoxy groups -OCH3 is 1. The summed E-state index contributed by atoms with van der Waals surface area (Å²) < 4.78 is 10.6. The lowest BCUT2D eigenvalue weighted by molar-refractivity contribution is -0.114. The summed E-state index contributed by atoms with van der Waals surface area (Å²) >= 11 is 0. The topological polar surface area (TPSA) is 59.6 Å². The summed E-state index contributed by atoms with van der Waals surface area (Å²) in [6.07, 6.45) is 0. The van der Waals surface area contributed by atoms with Crippen LogP contribution < -0.4 is 20.1 Å². The lowest BCUT2D eigenvalue weighted by Crippen LogP contribution is -2.22. The Hall–Kier alpha value is -2.69. The van der Waals surface area contributed by atoms with Crippen LogP contribution in [0.2, 0.25) is 0 Å². The normalized spacial score (nSPS) is 9.91. The number of benzene rings is 2. The van der Waals surface area contributed by atoms with Crippen LogP contribution in [0.25, 0.3) is 0 Å². The van der Waals surface area contributed by atoms with Gasteiger partial charge in [0, 0.05) is 5.69 Å². The molecule has 0 aliphatic carbocycles. The van der Waals surface area contributed by atoms with E-state index < -0.39 is 0 Å². The predicted octanol–water partition coefficient (Wildman–Crippen LogP) is 3.14. The number of nitrogens with one attached hydrogen (secondary N) is 2. The second-order valence-corrected chi connectivity index (χ2v) is 4.56. The molecule has 116 valence electrons. The summed E-state index contributed by atoms with van der Waals surface area (Å²) in [7, 11) is 1.62. The van der Waals surface area contributed by atoms with Gasteiger partial charge >= 0.3 is 0 Å². The SMILES string of the molecule is CCOc1ccccc1NC(=O)CNc1ccc(OC)cc1. The van der Waals surface area contributed by atoms with E-state index in [1.54, 1.807) is 7.11 Å². The fraction of sp³-hybridized carbons (Fsp3) is 0.235. The van der Waals surface area contributed by atoms with E-state index in [0.717, 1.165) is 11.4 Å². The molecule has 0 heterocycles. The van der Waals surface area contributed by atoms with Gasteiger partial charge in [-0.2, -0.15) is 0 Å². The quantitative estimate of drug-likeness (QED) is 0.824. The number of amides is 1. The largest absolute Gasteiger partial charge is 0.497 e. The Morgan fingerprint density at radius 1 is 1.09 bits per heavy atom. The van der Waals surface area contributed by atoms with Crippen LogP contribution in [-0.4, -0.2) is 26.2 Å². The van der Waals surface area contributed by atoms with E-state index in [4.69, 9.17) is 9.47 Å². The monoisotopic (exact) mass is 300 g/mol. The van der Waals surface area contributed by atoms with Crippen molar-refractivity contribution in [1.82, 2.24) is 0 Å². The van der Waals surface area contributed by atoms with Gasteiger partial charge in [-0.3, -0.25) is 4.79 Å². The van der Waals surface area contributed by atoms with Gasteiger partial charge in [-0.15, -0.1) is 0 Å². The van der Waals surface area contributed by atoms with Gasteiger partial charge in [0.15, 0.2) is 0 Å². The van der Waals surface area contributed by atoms with Gasteiger partial charge in [-0.05, 0) is 43.3 Å². The first-order chi connectivity index (χ1) is 10.7. The van der Waals surface area contributed by atoms with Gasteiger partial charge in [0.1, 0.15) is 11.5 Å². The Morgan fingerprint density at radius 3 is 2.50 bits per heavy atom. The van der Waals surface area contributed by atoms with Crippen molar-refractivity contribution in [3.8, 4) is 11.5 Å². The number of ether oxygens (including phenoxy) is 2. The first kappa shape index (κ1) is 15.7. The van der Waals surface area contributed by atoms with Crippen molar-refractivity contribution >= 4 is 17.3 Å². The predicted molar refractivity (Wildman–Crippen MR) is 87.7 cm³/mol. The molecule has 22 heavy (non-hydrogen) atoms. The molecule has 0 bridgehead atoms. The molecule has 2 rings (SSSR count). The molecule has 0 radical (unpaired) electrons. The third-order valence-corrected chi connectivity index (χ3v) is 3.00. The molecular formula is C17H20N2O3. The summed E-state index contributed by atoms with van der Waals surface area (Å²) in [6.45, 7) is 2.63. The minimum atomic E-state index is -0.136. The highest BCUT2D eigenvalue weighted by Crippen LogP contribution is 2.23. The number of para-hydroxylation sites is 2. The Labute approximate surface area is 130 Å². The average molecular weight is 300 g/mol. The van der Waals surface area contributed by atoms with E-state index in [2.05, 4.69) is 10.6 Å². The molecule has 2 N–H and O–H groups in total. The third-order valence-electron chi connectivity index (χ3n) is 3.00. The van der Waals surface area contributed by atoms with E-state index in [-0.39, 0.29) is 12.5 Å². The van der Waals surface area contributed by atoms with Crippen LogP contribution in [0.15, 0.2) is 48.5 Å². The maximum Gasteiger partial charge on any atom is 0.243 e. The standard InChI is InChI=1S/C17H20N2O3/c1-3-22-16-7-5-4-6-15(16)19-17(20)12-18-13-8-10-14(21-2)11-9-13/h4-11,18H,3,12H2,1-2H3,(H,19,20).